The summed E-state index contributed by atoms with van der Waals surface area (Å²) in [5.74, 6) is -0.209. The van der Waals surface area contributed by atoms with Gasteiger partial charge in [0.15, 0.2) is 0 Å². The predicted octanol–water partition coefficient (Wildman–Crippen LogP) is 0.720. The molecule has 0 saturated carbocycles. The van der Waals surface area contributed by atoms with Crippen LogP contribution in [0.4, 0.5) is 5.69 Å². The first-order chi connectivity index (χ1) is 7.13. The minimum absolute atomic E-state index is 0.209. The molecule has 0 fully saturated rings. The minimum atomic E-state index is -0.209. The number of carbonyl (C=O) groups is 1. The summed E-state index contributed by atoms with van der Waals surface area (Å²) >= 11 is 0. The van der Waals surface area contributed by atoms with Gasteiger partial charge in [0.25, 0.3) is 5.91 Å². The average Bonchev–Trinajstić information content (AvgIpc) is 2.17. The maximum Gasteiger partial charge on any atom is 0.284 e. The maximum absolute atomic E-state index is 11.6. The van der Waals surface area contributed by atoms with E-state index in [2.05, 4.69) is 15.7 Å². The number of anilines is 1. The molecule has 0 saturated heterocycles. The second-order valence-electron chi connectivity index (χ2n) is 3.30. The van der Waals surface area contributed by atoms with E-state index in [1.807, 2.05) is 13.0 Å². The quantitative estimate of drug-likeness (QED) is 0.716. The first kappa shape index (κ1) is 11.5. The summed E-state index contributed by atoms with van der Waals surface area (Å²) in [6, 6.07) is 3.55. The summed E-state index contributed by atoms with van der Waals surface area (Å²) in [7, 11) is 3.51. The van der Waals surface area contributed by atoms with Gasteiger partial charge in [0, 0.05) is 32.5 Å². The van der Waals surface area contributed by atoms with Crippen LogP contribution in [0.5, 0.6) is 0 Å². The first-order valence-electron chi connectivity index (χ1n) is 4.81. The van der Waals surface area contributed by atoms with Crippen LogP contribution in [0.15, 0.2) is 18.3 Å². The van der Waals surface area contributed by atoms with Crippen molar-refractivity contribution in [2.24, 2.45) is 0 Å². The number of rotatable bonds is 4. The van der Waals surface area contributed by atoms with Gasteiger partial charge in [-0.05, 0) is 19.1 Å². The number of carbonyl (C=O) groups excluding carboxylic acids is 1. The Bertz CT molecular complexity index is 338. The SMILES string of the molecule is CCNc1ccnc(C(=O)NN(C)C)c1. The molecule has 0 bridgehead atoms. The molecule has 1 aromatic rings. The van der Waals surface area contributed by atoms with Crippen molar-refractivity contribution in [3.63, 3.8) is 0 Å². The topological polar surface area (TPSA) is 57.3 Å². The Balaban J connectivity index is 2.76. The lowest BCUT2D eigenvalue weighted by Crippen LogP contribution is -2.36. The van der Waals surface area contributed by atoms with E-state index in [0.29, 0.717) is 5.69 Å². The third kappa shape index (κ3) is 3.55. The van der Waals surface area contributed by atoms with E-state index in [-0.39, 0.29) is 5.91 Å². The zero-order valence-electron chi connectivity index (χ0n) is 9.24. The largest absolute Gasteiger partial charge is 0.385 e. The molecule has 1 amide bonds. The Morgan fingerprint density at radius 3 is 2.87 bits per heavy atom. The van der Waals surface area contributed by atoms with Gasteiger partial charge >= 0.3 is 0 Å². The maximum atomic E-state index is 11.6. The molecule has 0 aromatic carbocycles. The number of hydrazine groups is 1. The van der Waals surface area contributed by atoms with Gasteiger partial charge in [0.1, 0.15) is 5.69 Å². The molecule has 1 heterocycles. The highest BCUT2D eigenvalue weighted by Gasteiger charge is 2.07. The molecule has 0 spiro atoms. The van der Waals surface area contributed by atoms with E-state index in [1.165, 1.54) is 0 Å². The van der Waals surface area contributed by atoms with Crippen molar-refractivity contribution in [2.45, 2.75) is 6.92 Å². The predicted molar refractivity (Wildman–Crippen MR) is 59.6 cm³/mol. The number of nitrogens with one attached hydrogen (secondary N) is 2. The van der Waals surface area contributed by atoms with Gasteiger partial charge in [-0.2, -0.15) is 0 Å². The fraction of sp³-hybridized carbons (Fsp3) is 0.400. The average molecular weight is 208 g/mol. The first-order valence-corrected chi connectivity index (χ1v) is 4.81. The summed E-state index contributed by atoms with van der Waals surface area (Å²) in [5.41, 5.74) is 3.94. The Kier molecular flexibility index (Phi) is 4.05. The zero-order chi connectivity index (χ0) is 11.3. The summed E-state index contributed by atoms with van der Waals surface area (Å²) in [4.78, 5) is 15.6. The Labute approximate surface area is 89.5 Å². The molecule has 15 heavy (non-hydrogen) atoms. The molecule has 0 atom stereocenters. The second kappa shape index (κ2) is 5.31. The number of amides is 1. The van der Waals surface area contributed by atoms with Crippen molar-refractivity contribution in [2.75, 3.05) is 26.0 Å². The van der Waals surface area contributed by atoms with Gasteiger partial charge in [-0.15, -0.1) is 0 Å². The van der Waals surface area contributed by atoms with E-state index in [4.69, 9.17) is 0 Å². The molecule has 0 aliphatic heterocycles. The van der Waals surface area contributed by atoms with Gasteiger partial charge in [0.2, 0.25) is 0 Å². The molecule has 0 radical (unpaired) electrons. The summed E-state index contributed by atoms with van der Waals surface area (Å²) in [5, 5.41) is 4.71. The van der Waals surface area contributed by atoms with E-state index >= 15 is 0 Å². The van der Waals surface area contributed by atoms with Crippen LogP contribution in [0.25, 0.3) is 0 Å². The Morgan fingerprint density at radius 2 is 2.27 bits per heavy atom. The molecular weight excluding hydrogens is 192 g/mol. The number of hydrogen-bond donors (Lipinski definition) is 2. The highest BCUT2D eigenvalue weighted by atomic mass is 16.2. The highest BCUT2D eigenvalue weighted by molar-refractivity contribution is 5.92. The van der Waals surface area contributed by atoms with Crippen LogP contribution >= 0.6 is 0 Å². The molecule has 0 aliphatic carbocycles. The van der Waals surface area contributed by atoms with Crippen LogP contribution in [0.2, 0.25) is 0 Å². The molecular formula is C10H16N4O. The summed E-state index contributed by atoms with van der Waals surface area (Å²) in [6.07, 6.45) is 1.61. The van der Waals surface area contributed by atoms with Gasteiger partial charge in [-0.25, -0.2) is 5.01 Å². The molecule has 0 unspecified atom stereocenters. The Morgan fingerprint density at radius 1 is 1.53 bits per heavy atom. The summed E-state index contributed by atoms with van der Waals surface area (Å²) < 4.78 is 0. The fourth-order valence-corrected chi connectivity index (χ4v) is 1.13. The lowest BCUT2D eigenvalue weighted by molar-refractivity contribution is 0.0851. The van der Waals surface area contributed by atoms with Gasteiger partial charge in [-0.1, -0.05) is 0 Å². The van der Waals surface area contributed by atoms with Crippen LogP contribution in [0.1, 0.15) is 17.4 Å². The molecule has 0 aliphatic rings. The Hall–Kier alpha value is -1.62. The van der Waals surface area contributed by atoms with Crippen LogP contribution in [0, 0.1) is 0 Å². The number of hydrogen-bond acceptors (Lipinski definition) is 4. The molecule has 5 heteroatoms. The van der Waals surface area contributed by atoms with Gasteiger partial charge < -0.3 is 5.32 Å². The van der Waals surface area contributed by atoms with Gasteiger partial charge in [-0.3, -0.25) is 15.2 Å². The lowest BCUT2D eigenvalue weighted by Gasteiger charge is -2.11. The molecule has 5 nitrogen and oxygen atoms in total. The monoisotopic (exact) mass is 208 g/mol. The van der Waals surface area contributed by atoms with Crippen LogP contribution < -0.4 is 10.7 Å². The molecule has 1 rings (SSSR count). The second-order valence-corrected chi connectivity index (χ2v) is 3.30. The van der Waals surface area contributed by atoms with Crippen molar-refractivity contribution in [3.05, 3.63) is 24.0 Å². The third-order valence-corrected chi connectivity index (χ3v) is 1.70. The molecule has 2 N–H and O–H groups in total. The van der Waals surface area contributed by atoms with Gasteiger partial charge in [0.05, 0.1) is 0 Å². The van der Waals surface area contributed by atoms with E-state index < -0.39 is 0 Å². The van der Waals surface area contributed by atoms with Crippen molar-refractivity contribution >= 4 is 11.6 Å². The smallest absolute Gasteiger partial charge is 0.284 e. The normalized spacial score (nSPS) is 10.1. The fourth-order valence-electron chi connectivity index (χ4n) is 1.13. The molecule has 82 valence electrons. The highest BCUT2D eigenvalue weighted by Crippen LogP contribution is 2.07. The van der Waals surface area contributed by atoms with Crippen LogP contribution in [-0.4, -0.2) is 36.5 Å². The van der Waals surface area contributed by atoms with E-state index in [0.717, 1.165) is 12.2 Å². The number of aromatic nitrogens is 1. The lowest BCUT2D eigenvalue weighted by atomic mass is 10.3. The van der Waals surface area contributed by atoms with E-state index in [1.54, 1.807) is 31.4 Å². The summed E-state index contributed by atoms with van der Waals surface area (Å²) in [6.45, 7) is 2.82. The number of nitrogens with zero attached hydrogens (tertiary/aromatic N) is 2. The van der Waals surface area contributed by atoms with Crippen molar-refractivity contribution in [1.82, 2.24) is 15.4 Å². The standard InChI is InChI=1S/C10H16N4O/c1-4-11-8-5-6-12-9(7-8)10(15)13-14(2)3/h5-7H,4H2,1-3H3,(H,11,12)(H,13,15). The van der Waals surface area contributed by atoms with E-state index in [9.17, 15) is 4.79 Å². The van der Waals surface area contributed by atoms with Crippen LogP contribution in [-0.2, 0) is 0 Å². The molecule has 1 aromatic heterocycles. The van der Waals surface area contributed by atoms with Crippen molar-refractivity contribution in [1.29, 1.82) is 0 Å². The van der Waals surface area contributed by atoms with Crippen molar-refractivity contribution in [3.8, 4) is 0 Å². The van der Waals surface area contributed by atoms with Crippen molar-refractivity contribution < 1.29 is 4.79 Å². The zero-order valence-corrected chi connectivity index (χ0v) is 9.24. The third-order valence-electron chi connectivity index (χ3n) is 1.70. The number of pyridine rings is 1. The van der Waals surface area contributed by atoms with Crippen LogP contribution in [0.3, 0.4) is 0 Å². The minimum Gasteiger partial charge on any atom is -0.385 e.